The average molecular weight is 1330 g/mol. The van der Waals surface area contributed by atoms with E-state index in [-0.39, 0.29) is 0 Å². The Morgan fingerprint density at radius 3 is 0.643 bits per heavy atom. The SMILES string of the molecule is CC/C(=C(/c1ccc(OCCN(C)C)cc1)c1ccc(OP(=O)(Oc2ccc(/C(=C(\CC)c3ccc(C(C)C)cc3)c3ccc(OCCN(C)C)cc3)cc2)Oc2ccc(/C(=C(\CC)c3ccc(C(C)C)cc3)c3ccc(OCCN(C)C)cc3)cc2)cc1)c1ccc(C(C)C)cc1. The fourth-order valence-electron chi connectivity index (χ4n) is 12.0. The number of phosphoric ester groups is 1. The van der Waals surface area contributed by atoms with E-state index in [4.69, 9.17) is 27.8 Å². The highest BCUT2D eigenvalue weighted by molar-refractivity contribution is 7.49. The first-order chi connectivity index (χ1) is 47.2. The summed E-state index contributed by atoms with van der Waals surface area (Å²) in [6, 6.07) is 75.0. The van der Waals surface area contributed by atoms with Crippen LogP contribution in [0, 0.1) is 0 Å². The minimum absolute atomic E-state index is 0.305. The number of ether oxygens (including phenoxy) is 3. The zero-order chi connectivity index (χ0) is 69.9. The van der Waals surface area contributed by atoms with Gasteiger partial charge in [0.2, 0.25) is 0 Å². The van der Waals surface area contributed by atoms with Crippen molar-refractivity contribution in [2.24, 2.45) is 0 Å². The lowest BCUT2D eigenvalue weighted by molar-refractivity contribution is 0.261. The average Bonchev–Trinajstić information content (AvgIpc) is 0.805. The van der Waals surface area contributed by atoms with Crippen molar-refractivity contribution in [2.75, 3.05) is 81.7 Å². The van der Waals surface area contributed by atoms with E-state index < -0.39 is 7.82 Å². The van der Waals surface area contributed by atoms with Crippen LogP contribution in [0.3, 0.4) is 0 Å². The summed E-state index contributed by atoms with van der Waals surface area (Å²) in [6.45, 7) is 24.1. The first-order valence-corrected chi connectivity index (χ1v) is 36.3. The molecule has 9 aromatic carbocycles. The molecule has 10 nitrogen and oxygen atoms in total. The number of hydrogen-bond donors (Lipinski definition) is 0. The molecular formula is C87H102N3O7P. The zero-order valence-corrected chi connectivity index (χ0v) is 61.4. The molecule has 9 aromatic rings. The molecule has 0 radical (unpaired) electrons. The summed E-state index contributed by atoms with van der Waals surface area (Å²) in [4.78, 5) is 6.33. The molecule has 98 heavy (non-hydrogen) atoms. The number of likely N-dealkylation sites (N-methyl/N-ethyl adjacent to an activating group) is 3. The molecule has 0 N–H and O–H groups in total. The van der Waals surface area contributed by atoms with E-state index in [9.17, 15) is 0 Å². The van der Waals surface area contributed by atoms with Crippen molar-refractivity contribution in [3.05, 3.63) is 285 Å². The Labute approximate surface area is 585 Å². The van der Waals surface area contributed by atoms with Gasteiger partial charge in [-0.15, -0.1) is 0 Å². The molecule has 0 saturated carbocycles. The number of nitrogens with zero attached hydrogens (tertiary/aromatic N) is 3. The normalized spacial score (nSPS) is 12.7. The molecule has 11 heteroatoms. The summed E-state index contributed by atoms with van der Waals surface area (Å²) in [5.74, 6) is 4.54. The Hall–Kier alpha value is -8.89. The summed E-state index contributed by atoms with van der Waals surface area (Å²) >= 11 is 0. The Morgan fingerprint density at radius 2 is 0.469 bits per heavy atom. The molecule has 0 fully saturated rings. The molecule has 0 bridgehead atoms. The van der Waals surface area contributed by atoms with Crippen LogP contribution in [-0.4, -0.2) is 96.4 Å². The highest BCUT2D eigenvalue weighted by Crippen LogP contribution is 2.51. The van der Waals surface area contributed by atoms with Crippen molar-refractivity contribution in [1.82, 2.24) is 14.7 Å². The maximum atomic E-state index is 16.0. The summed E-state index contributed by atoms with van der Waals surface area (Å²) in [6.07, 6.45) is 2.31. The number of rotatable bonds is 33. The van der Waals surface area contributed by atoms with Gasteiger partial charge in [-0.2, -0.15) is 4.57 Å². The van der Waals surface area contributed by atoms with Gasteiger partial charge in [-0.25, -0.2) is 0 Å². The molecule has 0 aliphatic rings. The van der Waals surface area contributed by atoms with E-state index >= 15 is 4.57 Å². The van der Waals surface area contributed by atoms with Crippen LogP contribution in [0.25, 0.3) is 33.4 Å². The molecule has 0 amide bonds. The van der Waals surface area contributed by atoms with Gasteiger partial charge in [0.15, 0.2) is 0 Å². The first-order valence-electron chi connectivity index (χ1n) is 34.9. The molecule has 0 saturated heterocycles. The molecular weight excluding hydrogens is 1230 g/mol. The van der Waals surface area contributed by atoms with Gasteiger partial charge in [0.05, 0.1) is 0 Å². The van der Waals surface area contributed by atoms with Gasteiger partial charge < -0.3 is 42.5 Å². The van der Waals surface area contributed by atoms with Crippen LogP contribution >= 0.6 is 7.82 Å². The van der Waals surface area contributed by atoms with Crippen LogP contribution in [0.5, 0.6) is 34.5 Å². The maximum absolute atomic E-state index is 16.0. The molecule has 0 spiro atoms. The van der Waals surface area contributed by atoms with E-state index in [2.05, 4.69) is 186 Å². The Morgan fingerprint density at radius 1 is 0.286 bits per heavy atom. The standard InChI is InChI=1S/C87H102N3O7P/c1-16-82(67-25-19-64(20-26-67)61(4)5)85(70-31-43-76(44-32-70)92-58-55-88(10)11)73-37-49-79(50-38-73)95-98(91,96-80-51-39-74(40-52-80)86(71-33-45-77(46-34-71)93-59-56-89(12)13)83(17-2)68-27-21-65(22-28-68)62(6)7)97-81-53-41-75(42-54-81)87(72-35-47-78(48-36-72)94-60-57-90(14)15)84(18-3)69-29-23-66(24-30-69)63(8)9/h19-54,61-63H,16-18,55-60H2,1-15H3/b85-82+,86-83+,87-84+. The molecule has 9 rings (SSSR count). The Bertz CT molecular complexity index is 3690. The summed E-state index contributed by atoms with van der Waals surface area (Å²) in [7, 11) is 7.68. The van der Waals surface area contributed by atoms with Crippen LogP contribution in [0.15, 0.2) is 218 Å². The van der Waals surface area contributed by atoms with Gasteiger partial charge in [0, 0.05) is 19.6 Å². The van der Waals surface area contributed by atoms with Gasteiger partial charge in [-0.05, 0) is 252 Å². The van der Waals surface area contributed by atoms with Gasteiger partial charge in [-0.3, -0.25) is 0 Å². The van der Waals surface area contributed by atoms with E-state index in [0.717, 1.165) is 123 Å². The monoisotopic (exact) mass is 1330 g/mol. The number of phosphoric acid groups is 1. The molecule has 0 heterocycles. The Kier molecular flexibility index (Phi) is 26.2. The molecule has 0 aliphatic heterocycles. The Balaban J connectivity index is 1.12. The third kappa shape index (κ3) is 19.9. The second-order valence-corrected chi connectivity index (χ2v) is 28.2. The van der Waals surface area contributed by atoms with Crippen molar-refractivity contribution in [2.45, 2.75) is 99.3 Å². The minimum Gasteiger partial charge on any atom is -0.492 e. The number of benzene rings is 9. The van der Waals surface area contributed by atoms with Crippen LogP contribution in [-0.2, 0) is 4.57 Å². The molecule has 0 aromatic heterocycles. The molecule has 512 valence electrons. The summed E-state index contributed by atoms with van der Waals surface area (Å²) in [5, 5.41) is 0. The largest absolute Gasteiger partial charge is 0.647 e. The van der Waals surface area contributed by atoms with Crippen molar-refractivity contribution < 1.29 is 32.3 Å². The van der Waals surface area contributed by atoms with E-state index in [1.165, 1.54) is 33.4 Å². The second kappa shape index (κ2) is 35.1. The van der Waals surface area contributed by atoms with Crippen molar-refractivity contribution in [1.29, 1.82) is 0 Å². The second-order valence-electron chi connectivity index (χ2n) is 26.8. The van der Waals surface area contributed by atoms with Gasteiger partial charge in [-0.1, -0.05) is 208 Å². The van der Waals surface area contributed by atoms with Crippen LogP contribution in [0.1, 0.15) is 166 Å². The van der Waals surface area contributed by atoms with Crippen molar-refractivity contribution >= 4 is 41.3 Å². The quantitative estimate of drug-likeness (QED) is 0.0293. The van der Waals surface area contributed by atoms with E-state index in [0.29, 0.717) is 54.8 Å². The molecule has 0 unspecified atom stereocenters. The third-order valence-corrected chi connectivity index (χ3v) is 19.0. The van der Waals surface area contributed by atoms with Crippen molar-refractivity contribution in [3.8, 4) is 34.5 Å². The predicted molar refractivity (Wildman–Crippen MR) is 411 cm³/mol. The highest BCUT2D eigenvalue weighted by atomic mass is 31.2. The van der Waals surface area contributed by atoms with Crippen molar-refractivity contribution in [3.63, 3.8) is 0 Å². The van der Waals surface area contributed by atoms with Crippen LogP contribution in [0.4, 0.5) is 0 Å². The van der Waals surface area contributed by atoms with Crippen LogP contribution < -0.4 is 27.8 Å². The predicted octanol–water partition coefficient (Wildman–Crippen LogP) is 21.6. The van der Waals surface area contributed by atoms with Crippen LogP contribution in [0.2, 0.25) is 0 Å². The van der Waals surface area contributed by atoms with E-state index in [1.807, 2.05) is 151 Å². The summed E-state index contributed by atoms with van der Waals surface area (Å²) in [5.41, 5.74) is 20.0. The van der Waals surface area contributed by atoms with Gasteiger partial charge in [0.25, 0.3) is 0 Å². The third-order valence-electron chi connectivity index (χ3n) is 17.7. The lowest BCUT2D eigenvalue weighted by Gasteiger charge is -2.22. The van der Waals surface area contributed by atoms with Gasteiger partial charge >= 0.3 is 7.82 Å². The van der Waals surface area contributed by atoms with Gasteiger partial charge in [0.1, 0.15) is 54.3 Å². The molecule has 0 aliphatic carbocycles. The smallest absolute Gasteiger partial charge is 0.492 e. The fourth-order valence-corrected chi connectivity index (χ4v) is 13.3. The van der Waals surface area contributed by atoms with E-state index in [1.54, 1.807) is 0 Å². The molecule has 0 atom stereocenters. The minimum atomic E-state index is -4.58. The number of hydrogen-bond acceptors (Lipinski definition) is 10. The maximum Gasteiger partial charge on any atom is 0.647 e. The summed E-state index contributed by atoms with van der Waals surface area (Å²) < 4.78 is 54.4. The first kappa shape index (κ1) is 73.4. The fraction of sp³-hybridized carbons (Fsp3) is 0.310. The lowest BCUT2D eigenvalue weighted by atomic mass is 9.87. The zero-order valence-electron chi connectivity index (χ0n) is 60.5. The lowest BCUT2D eigenvalue weighted by Crippen LogP contribution is -2.19. The number of allylic oxidation sites excluding steroid dienone is 3. The highest BCUT2D eigenvalue weighted by Gasteiger charge is 2.34. The topological polar surface area (TPSA) is 82.2 Å².